The van der Waals surface area contributed by atoms with Crippen molar-refractivity contribution in [2.24, 2.45) is 5.84 Å². The lowest BCUT2D eigenvalue weighted by atomic mass is 10.0. The number of hydrogen-bond donors (Lipinski definition) is 3. The smallest absolute Gasteiger partial charge is 0.147 e. The van der Waals surface area contributed by atoms with Crippen molar-refractivity contribution in [2.75, 3.05) is 30.1 Å². The van der Waals surface area contributed by atoms with E-state index in [4.69, 9.17) is 10.6 Å². The van der Waals surface area contributed by atoms with E-state index in [9.17, 15) is 5.11 Å². The third-order valence-electron chi connectivity index (χ3n) is 4.28. The number of nitrogens with one attached hydrogen (secondary N) is 1. The molecule has 1 aliphatic rings. The minimum Gasteiger partial charge on any atom is -0.392 e. The monoisotopic (exact) mass is 308 g/mol. The number of aromatic nitrogens is 1. The zero-order chi connectivity index (χ0) is 16.1. The lowest BCUT2D eigenvalue weighted by molar-refractivity contribution is 0.0904. The summed E-state index contributed by atoms with van der Waals surface area (Å²) in [6.45, 7) is 8.29. The summed E-state index contributed by atoms with van der Waals surface area (Å²) in [4.78, 5) is 4.66. The Morgan fingerprint density at radius 1 is 1.36 bits per heavy atom. The van der Waals surface area contributed by atoms with E-state index < -0.39 is 0 Å². The molecule has 6 nitrogen and oxygen atoms in total. The molecule has 0 aliphatic carbocycles. The van der Waals surface area contributed by atoms with E-state index in [2.05, 4.69) is 10.3 Å². The molecule has 1 fully saturated rings. The summed E-state index contributed by atoms with van der Waals surface area (Å²) in [6, 6.07) is 0.366. The number of hydrogen-bond acceptors (Lipinski definition) is 6. The summed E-state index contributed by atoms with van der Waals surface area (Å²) in [5, 5.41) is 15.1. The van der Waals surface area contributed by atoms with Gasteiger partial charge in [0.25, 0.3) is 0 Å². The Morgan fingerprint density at radius 3 is 2.59 bits per heavy atom. The van der Waals surface area contributed by atoms with Crippen LogP contribution in [0.15, 0.2) is 0 Å². The average molecular weight is 308 g/mol. The molecule has 2 rings (SSSR count). The number of hydrazine groups is 1. The van der Waals surface area contributed by atoms with Crippen LogP contribution in [-0.2, 0) is 17.8 Å². The third kappa shape index (κ3) is 3.51. The molecule has 1 aromatic rings. The quantitative estimate of drug-likeness (QED) is 0.548. The van der Waals surface area contributed by atoms with Crippen LogP contribution in [0, 0.1) is 6.92 Å². The lowest BCUT2D eigenvalue weighted by Crippen LogP contribution is -2.33. The predicted octanol–water partition coefficient (Wildman–Crippen LogP) is 1.74. The molecule has 124 valence electrons. The Labute approximate surface area is 132 Å². The van der Waals surface area contributed by atoms with Crippen molar-refractivity contribution >= 4 is 11.5 Å². The topological polar surface area (TPSA) is 83.6 Å². The fourth-order valence-electron chi connectivity index (χ4n) is 2.90. The number of rotatable bonds is 6. The minimum atomic E-state index is -0.0143. The Bertz CT molecular complexity index is 501. The average Bonchev–Trinajstić information content (AvgIpc) is 2.56. The first-order valence-electron chi connectivity index (χ1n) is 8.12. The molecule has 0 amide bonds. The molecule has 0 bridgehead atoms. The summed E-state index contributed by atoms with van der Waals surface area (Å²) >= 11 is 0. The minimum absolute atomic E-state index is 0.0143. The van der Waals surface area contributed by atoms with Crippen molar-refractivity contribution in [2.45, 2.75) is 52.7 Å². The van der Waals surface area contributed by atoms with Crippen LogP contribution in [0.2, 0.25) is 0 Å². The van der Waals surface area contributed by atoms with Gasteiger partial charge in [0, 0.05) is 42.6 Å². The second kappa shape index (κ2) is 7.76. The standard InChI is InChI=1S/C16H28N4O2/c1-4-14-13(10-21)15(18-12-6-8-22-9-7-12)11(3)16(19-14)20(17)5-2/h12,21H,4-10,17H2,1-3H3,(H,18,19). The molecule has 22 heavy (non-hydrogen) atoms. The van der Waals surface area contributed by atoms with Crippen LogP contribution >= 0.6 is 0 Å². The molecule has 0 atom stereocenters. The molecule has 0 spiro atoms. The van der Waals surface area contributed by atoms with Crippen LogP contribution in [0.1, 0.15) is 43.5 Å². The van der Waals surface area contributed by atoms with E-state index in [-0.39, 0.29) is 6.61 Å². The van der Waals surface area contributed by atoms with Crippen molar-refractivity contribution in [1.29, 1.82) is 0 Å². The molecule has 0 aromatic carbocycles. The van der Waals surface area contributed by atoms with Gasteiger partial charge < -0.3 is 15.2 Å². The van der Waals surface area contributed by atoms with Crippen LogP contribution in [0.5, 0.6) is 0 Å². The highest BCUT2D eigenvalue weighted by atomic mass is 16.5. The summed E-state index contributed by atoms with van der Waals surface area (Å²) in [5.74, 6) is 6.86. The van der Waals surface area contributed by atoms with Gasteiger partial charge in [-0.05, 0) is 33.1 Å². The van der Waals surface area contributed by atoms with Gasteiger partial charge in [0.1, 0.15) is 5.82 Å². The normalized spacial score (nSPS) is 15.9. The Balaban J connectivity index is 2.42. The number of ether oxygens (including phenoxy) is 1. The number of nitrogens with zero attached hydrogens (tertiary/aromatic N) is 2. The van der Waals surface area contributed by atoms with Gasteiger partial charge in [-0.25, -0.2) is 10.8 Å². The predicted molar refractivity (Wildman–Crippen MR) is 88.9 cm³/mol. The van der Waals surface area contributed by atoms with Gasteiger partial charge in [0.05, 0.1) is 12.3 Å². The van der Waals surface area contributed by atoms with E-state index in [1.807, 2.05) is 20.8 Å². The highest BCUT2D eigenvalue weighted by Gasteiger charge is 2.21. The van der Waals surface area contributed by atoms with Gasteiger partial charge in [-0.1, -0.05) is 6.92 Å². The highest BCUT2D eigenvalue weighted by Crippen LogP contribution is 2.32. The van der Waals surface area contributed by atoms with Gasteiger partial charge >= 0.3 is 0 Å². The highest BCUT2D eigenvalue weighted by molar-refractivity contribution is 5.67. The number of pyridine rings is 1. The summed E-state index contributed by atoms with van der Waals surface area (Å²) in [6.07, 6.45) is 2.72. The molecule has 1 saturated heterocycles. The number of aliphatic hydroxyl groups excluding tert-OH is 1. The molecule has 1 aliphatic heterocycles. The van der Waals surface area contributed by atoms with Crippen molar-refractivity contribution in [1.82, 2.24) is 4.98 Å². The fraction of sp³-hybridized carbons (Fsp3) is 0.688. The fourth-order valence-corrected chi connectivity index (χ4v) is 2.90. The van der Waals surface area contributed by atoms with Crippen LogP contribution in [0.25, 0.3) is 0 Å². The molecule has 0 radical (unpaired) electrons. The van der Waals surface area contributed by atoms with E-state index in [0.29, 0.717) is 12.6 Å². The van der Waals surface area contributed by atoms with Crippen LogP contribution in [0.4, 0.5) is 11.5 Å². The van der Waals surface area contributed by atoms with Gasteiger partial charge in [0.2, 0.25) is 0 Å². The lowest BCUT2D eigenvalue weighted by Gasteiger charge is -2.29. The number of anilines is 2. The van der Waals surface area contributed by atoms with Crippen LogP contribution in [-0.4, -0.2) is 35.9 Å². The second-order valence-electron chi connectivity index (χ2n) is 5.69. The maximum Gasteiger partial charge on any atom is 0.147 e. The number of nitrogens with two attached hydrogens (primary N) is 1. The van der Waals surface area contributed by atoms with Gasteiger partial charge in [-0.3, -0.25) is 5.01 Å². The molecular weight excluding hydrogens is 280 g/mol. The Hall–Kier alpha value is -1.37. The van der Waals surface area contributed by atoms with Gasteiger partial charge in [-0.15, -0.1) is 0 Å². The van der Waals surface area contributed by atoms with Gasteiger partial charge in [0.15, 0.2) is 0 Å². The van der Waals surface area contributed by atoms with E-state index in [1.54, 1.807) is 5.01 Å². The van der Waals surface area contributed by atoms with Crippen molar-refractivity contribution in [3.63, 3.8) is 0 Å². The van der Waals surface area contributed by atoms with E-state index in [0.717, 1.165) is 60.8 Å². The molecule has 6 heteroatoms. The van der Waals surface area contributed by atoms with E-state index in [1.165, 1.54) is 0 Å². The van der Waals surface area contributed by atoms with Crippen LogP contribution < -0.4 is 16.2 Å². The first-order valence-corrected chi connectivity index (χ1v) is 8.12. The van der Waals surface area contributed by atoms with Crippen molar-refractivity contribution in [3.05, 3.63) is 16.8 Å². The maximum atomic E-state index is 9.82. The zero-order valence-corrected chi connectivity index (χ0v) is 13.9. The summed E-state index contributed by atoms with van der Waals surface area (Å²) < 4.78 is 5.42. The number of aliphatic hydroxyl groups is 1. The molecular formula is C16H28N4O2. The molecule has 0 unspecified atom stereocenters. The molecule has 0 saturated carbocycles. The largest absolute Gasteiger partial charge is 0.392 e. The molecule has 4 N–H and O–H groups in total. The Kier molecular flexibility index (Phi) is 5.99. The Morgan fingerprint density at radius 2 is 2.05 bits per heavy atom. The number of aryl methyl sites for hydroxylation is 1. The maximum absolute atomic E-state index is 9.82. The van der Waals surface area contributed by atoms with Crippen molar-refractivity contribution < 1.29 is 9.84 Å². The first-order chi connectivity index (χ1) is 10.6. The van der Waals surface area contributed by atoms with Crippen molar-refractivity contribution in [3.8, 4) is 0 Å². The van der Waals surface area contributed by atoms with E-state index >= 15 is 0 Å². The SMILES string of the molecule is CCc1nc(N(N)CC)c(C)c(NC2CCOCC2)c1CO. The molecule has 1 aromatic heterocycles. The second-order valence-corrected chi connectivity index (χ2v) is 5.69. The zero-order valence-electron chi connectivity index (χ0n) is 13.9. The van der Waals surface area contributed by atoms with Gasteiger partial charge in [-0.2, -0.15) is 0 Å². The summed E-state index contributed by atoms with van der Waals surface area (Å²) in [5.41, 5.74) is 3.78. The summed E-state index contributed by atoms with van der Waals surface area (Å²) in [7, 11) is 0. The first kappa shape index (κ1) is 17.0. The third-order valence-corrected chi connectivity index (χ3v) is 4.28. The van der Waals surface area contributed by atoms with Crippen LogP contribution in [0.3, 0.4) is 0 Å². The molecule has 2 heterocycles.